The smallest absolute Gasteiger partial charge is 0.244 e. The first-order chi connectivity index (χ1) is 18.3. The Balaban J connectivity index is 2.08. The van der Waals surface area contributed by atoms with Crippen molar-refractivity contribution < 1.29 is 18.0 Å². The number of halogens is 2. The third kappa shape index (κ3) is 8.71. The Kier molecular flexibility index (Phi) is 10.4. The standard InChI is InChI=1S/C29H33Cl2N3O4S/c1-20(2)32-29(36)27(16-22-10-6-5-7-11-22)33(18-23-12-8-9-21(3)15-23)28(35)19-34(39(4,37)38)26-17-24(30)13-14-25(26)31/h5-15,17,20,27H,16,18-19H2,1-4H3,(H,32,36)/t27-/m1/s1. The second-order valence-corrected chi connectivity index (χ2v) is 12.5. The fourth-order valence-corrected chi connectivity index (χ4v) is 5.50. The molecule has 0 saturated carbocycles. The predicted octanol–water partition coefficient (Wildman–Crippen LogP) is 5.23. The Morgan fingerprint density at radius 2 is 1.59 bits per heavy atom. The van der Waals surface area contributed by atoms with E-state index in [1.54, 1.807) is 0 Å². The van der Waals surface area contributed by atoms with Crippen LogP contribution in [0.2, 0.25) is 10.0 Å². The zero-order chi connectivity index (χ0) is 28.7. The summed E-state index contributed by atoms with van der Waals surface area (Å²) in [6, 6.07) is 20.3. The number of hydrogen-bond donors (Lipinski definition) is 1. The van der Waals surface area contributed by atoms with Gasteiger partial charge in [0.05, 0.1) is 17.0 Å². The van der Waals surface area contributed by atoms with E-state index in [2.05, 4.69) is 5.32 Å². The number of anilines is 1. The lowest BCUT2D eigenvalue weighted by Crippen LogP contribution is -2.54. The number of sulfonamides is 1. The summed E-state index contributed by atoms with van der Waals surface area (Å²) in [6.07, 6.45) is 1.24. The molecule has 0 heterocycles. The van der Waals surface area contributed by atoms with Gasteiger partial charge in [-0.15, -0.1) is 0 Å². The Hall–Kier alpha value is -3.07. The van der Waals surface area contributed by atoms with E-state index in [9.17, 15) is 18.0 Å². The molecule has 0 aromatic heterocycles. The number of nitrogens with one attached hydrogen (secondary N) is 1. The number of benzene rings is 3. The topological polar surface area (TPSA) is 86.8 Å². The van der Waals surface area contributed by atoms with Gasteiger partial charge >= 0.3 is 0 Å². The highest BCUT2D eigenvalue weighted by atomic mass is 35.5. The average molecular weight is 591 g/mol. The molecule has 208 valence electrons. The average Bonchev–Trinajstić information content (AvgIpc) is 2.85. The van der Waals surface area contributed by atoms with Crippen LogP contribution in [0.1, 0.15) is 30.5 Å². The minimum atomic E-state index is -3.95. The van der Waals surface area contributed by atoms with Gasteiger partial charge in [0.1, 0.15) is 12.6 Å². The third-order valence-electron chi connectivity index (χ3n) is 5.99. The molecule has 0 aliphatic heterocycles. The fraction of sp³-hybridized carbons (Fsp3) is 0.310. The number of carbonyl (C=O) groups is 2. The summed E-state index contributed by atoms with van der Waals surface area (Å²) >= 11 is 12.5. The summed E-state index contributed by atoms with van der Waals surface area (Å²) in [4.78, 5) is 29.0. The van der Waals surface area contributed by atoms with E-state index in [4.69, 9.17) is 23.2 Å². The summed E-state index contributed by atoms with van der Waals surface area (Å²) in [5, 5.41) is 3.32. The molecule has 3 rings (SSSR count). The highest BCUT2D eigenvalue weighted by Gasteiger charge is 2.33. The van der Waals surface area contributed by atoms with Crippen LogP contribution in [0.25, 0.3) is 0 Å². The van der Waals surface area contributed by atoms with Crippen LogP contribution in [0.4, 0.5) is 5.69 Å². The maximum atomic E-state index is 14.0. The van der Waals surface area contributed by atoms with Gasteiger partial charge < -0.3 is 10.2 Å². The largest absolute Gasteiger partial charge is 0.352 e. The first-order valence-corrected chi connectivity index (χ1v) is 15.1. The van der Waals surface area contributed by atoms with Crippen molar-refractivity contribution in [1.82, 2.24) is 10.2 Å². The molecule has 0 bridgehead atoms. The number of carbonyl (C=O) groups excluding carboxylic acids is 2. The maximum absolute atomic E-state index is 14.0. The number of amides is 2. The van der Waals surface area contributed by atoms with Crippen LogP contribution in [0.15, 0.2) is 72.8 Å². The van der Waals surface area contributed by atoms with Crippen molar-refractivity contribution in [3.05, 3.63) is 99.5 Å². The van der Waals surface area contributed by atoms with Gasteiger partial charge in [-0.2, -0.15) is 0 Å². The van der Waals surface area contributed by atoms with E-state index in [0.717, 1.165) is 27.3 Å². The Bertz CT molecular complexity index is 1420. The molecule has 39 heavy (non-hydrogen) atoms. The molecule has 2 amide bonds. The molecule has 0 spiro atoms. The van der Waals surface area contributed by atoms with E-state index < -0.39 is 28.5 Å². The number of nitrogens with zero attached hydrogens (tertiary/aromatic N) is 2. The van der Waals surface area contributed by atoms with Gasteiger partial charge in [-0.05, 0) is 50.1 Å². The molecule has 0 aliphatic rings. The predicted molar refractivity (Wildman–Crippen MR) is 158 cm³/mol. The van der Waals surface area contributed by atoms with Gasteiger partial charge in [0.25, 0.3) is 0 Å². The molecule has 0 aliphatic carbocycles. The lowest BCUT2D eigenvalue weighted by Gasteiger charge is -2.34. The zero-order valence-electron chi connectivity index (χ0n) is 22.4. The SMILES string of the molecule is Cc1cccc(CN(C(=O)CN(c2cc(Cl)ccc2Cl)S(C)(=O)=O)[C@H](Cc2ccccc2)C(=O)NC(C)C)c1. The molecule has 1 N–H and O–H groups in total. The maximum Gasteiger partial charge on any atom is 0.244 e. The number of rotatable bonds is 11. The normalized spacial score (nSPS) is 12.2. The van der Waals surface area contributed by atoms with Crippen molar-refractivity contribution in [3.63, 3.8) is 0 Å². The molecule has 3 aromatic rings. The minimum absolute atomic E-state index is 0.0850. The quantitative estimate of drug-likeness (QED) is 0.331. The van der Waals surface area contributed by atoms with Gasteiger partial charge in [-0.25, -0.2) is 8.42 Å². The Morgan fingerprint density at radius 3 is 2.21 bits per heavy atom. The van der Waals surface area contributed by atoms with Crippen LogP contribution in [0.5, 0.6) is 0 Å². The highest BCUT2D eigenvalue weighted by molar-refractivity contribution is 7.92. The second kappa shape index (κ2) is 13.3. The first kappa shape index (κ1) is 30.5. The molecule has 0 unspecified atom stereocenters. The summed E-state index contributed by atoms with van der Waals surface area (Å²) in [5.41, 5.74) is 2.75. The number of hydrogen-bond acceptors (Lipinski definition) is 4. The van der Waals surface area contributed by atoms with Crippen LogP contribution in [-0.4, -0.2) is 50.0 Å². The highest BCUT2D eigenvalue weighted by Crippen LogP contribution is 2.31. The lowest BCUT2D eigenvalue weighted by molar-refractivity contribution is -0.140. The molecule has 0 fully saturated rings. The summed E-state index contributed by atoms with van der Waals surface area (Å²) < 4.78 is 26.7. The van der Waals surface area contributed by atoms with Crippen molar-refractivity contribution in [2.75, 3.05) is 17.1 Å². The third-order valence-corrected chi connectivity index (χ3v) is 7.67. The molecular formula is C29H33Cl2N3O4S. The van der Waals surface area contributed by atoms with Gasteiger partial charge in [-0.1, -0.05) is 83.4 Å². The fourth-order valence-electron chi connectivity index (χ4n) is 4.21. The van der Waals surface area contributed by atoms with Crippen LogP contribution in [-0.2, 0) is 32.6 Å². The molecule has 7 nitrogen and oxygen atoms in total. The lowest BCUT2D eigenvalue weighted by atomic mass is 10.0. The van der Waals surface area contributed by atoms with Crippen molar-refractivity contribution in [2.24, 2.45) is 0 Å². The monoisotopic (exact) mass is 589 g/mol. The molecular weight excluding hydrogens is 557 g/mol. The van der Waals surface area contributed by atoms with E-state index in [0.29, 0.717) is 0 Å². The van der Waals surface area contributed by atoms with Gasteiger partial charge in [0, 0.05) is 24.0 Å². The molecule has 1 atom stereocenters. The van der Waals surface area contributed by atoms with E-state index in [-0.39, 0.29) is 40.6 Å². The summed E-state index contributed by atoms with van der Waals surface area (Å²) in [6.45, 7) is 5.16. The van der Waals surface area contributed by atoms with E-state index >= 15 is 0 Å². The van der Waals surface area contributed by atoms with Gasteiger partial charge in [0.15, 0.2) is 0 Å². The summed E-state index contributed by atoms with van der Waals surface area (Å²) in [5.74, 6) is -0.889. The van der Waals surface area contributed by atoms with E-state index in [1.807, 2.05) is 75.4 Å². The molecule has 3 aromatic carbocycles. The molecule has 0 radical (unpaired) electrons. The molecule has 0 saturated heterocycles. The van der Waals surface area contributed by atoms with Crippen LogP contribution in [0.3, 0.4) is 0 Å². The first-order valence-electron chi connectivity index (χ1n) is 12.5. The molecule has 10 heteroatoms. The summed E-state index contributed by atoms with van der Waals surface area (Å²) in [7, 11) is -3.95. The van der Waals surface area contributed by atoms with Gasteiger partial charge in [-0.3, -0.25) is 13.9 Å². The zero-order valence-corrected chi connectivity index (χ0v) is 24.7. The van der Waals surface area contributed by atoms with Crippen LogP contribution in [0, 0.1) is 6.92 Å². The minimum Gasteiger partial charge on any atom is -0.352 e. The Labute approximate surface area is 240 Å². The van der Waals surface area contributed by atoms with E-state index in [1.165, 1.54) is 23.1 Å². The van der Waals surface area contributed by atoms with Crippen molar-refractivity contribution >= 4 is 50.7 Å². The Morgan fingerprint density at radius 1 is 0.923 bits per heavy atom. The van der Waals surface area contributed by atoms with Crippen molar-refractivity contribution in [3.8, 4) is 0 Å². The van der Waals surface area contributed by atoms with Crippen LogP contribution >= 0.6 is 23.2 Å². The van der Waals surface area contributed by atoms with Crippen molar-refractivity contribution in [1.29, 1.82) is 0 Å². The van der Waals surface area contributed by atoms with Crippen LogP contribution < -0.4 is 9.62 Å². The van der Waals surface area contributed by atoms with Gasteiger partial charge in [0.2, 0.25) is 21.8 Å². The van der Waals surface area contributed by atoms with Crippen molar-refractivity contribution in [2.45, 2.75) is 45.8 Å². The second-order valence-electron chi connectivity index (χ2n) is 9.74. The number of aryl methyl sites for hydroxylation is 1.